The van der Waals surface area contributed by atoms with E-state index in [1.54, 1.807) is 0 Å². The van der Waals surface area contributed by atoms with Crippen LogP contribution in [0.1, 0.15) is 64.7 Å². The maximum atomic E-state index is 4.47. The molecule has 1 heterocycles. The van der Waals surface area contributed by atoms with Crippen molar-refractivity contribution in [2.45, 2.75) is 64.7 Å². The number of thioether (sulfide) groups is 1. The van der Waals surface area contributed by atoms with E-state index in [2.05, 4.69) is 11.9 Å². The Kier molecular flexibility index (Phi) is 32.6. The van der Waals surface area contributed by atoms with Crippen LogP contribution in [0.2, 0.25) is 0 Å². The Morgan fingerprint density at radius 3 is 1.84 bits per heavy atom. The molecule has 0 unspecified atom stereocenters. The van der Waals surface area contributed by atoms with Gasteiger partial charge in [-0.05, 0) is 12.8 Å². The molecule has 120 valence electrons. The summed E-state index contributed by atoms with van der Waals surface area (Å²) >= 11 is 1.97. The van der Waals surface area contributed by atoms with Gasteiger partial charge in [0.15, 0.2) is 0 Å². The monoisotopic (exact) mass is 363 g/mol. The van der Waals surface area contributed by atoms with Gasteiger partial charge in [0.25, 0.3) is 0 Å². The molecule has 0 aromatic heterocycles. The van der Waals surface area contributed by atoms with E-state index >= 15 is 0 Å². The van der Waals surface area contributed by atoms with E-state index in [1.165, 1.54) is 68.6 Å². The molecule has 0 N–H and O–H groups in total. The summed E-state index contributed by atoms with van der Waals surface area (Å²) in [5.74, 6) is 1.23. The van der Waals surface area contributed by atoms with E-state index in [0.29, 0.717) is 0 Å². The van der Waals surface area contributed by atoms with Crippen LogP contribution in [-0.4, -0.2) is 17.3 Å². The predicted molar refractivity (Wildman–Crippen MR) is 114 cm³/mol. The molecule has 0 aromatic rings. The highest BCUT2D eigenvalue weighted by Gasteiger charge is 2.05. The van der Waals surface area contributed by atoms with E-state index in [9.17, 15) is 0 Å². The first-order chi connectivity index (χ1) is 7.43. The molecule has 0 bridgehead atoms. The first-order valence-corrected chi connectivity index (χ1v) is 7.58. The largest absolute Gasteiger partial charge is 0.282 e. The molecule has 0 spiro atoms. The van der Waals surface area contributed by atoms with Crippen molar-refractivity contribution in [3.8, 4) is 0 Å². The number of hydrogen-bond donors (Lipinski definition) is 0. The van der Waals surface area contributed by atoms with Crippen molar-refractivity contribution in [2.24, 2.45) is 4.99 Å². The molecule has 6 heteroatoms. The molecule has 1 nitrogen and oxygen atoms in total. The van der Waals surface area contributed by atoms with Crippen molar-refractivity contribution in [2.75, 3.05) is 12.3 Å². The van der Waals surface area contributed by atoms with Crippen LogP contribution in [0.15, 0.2) is 4.99 Å². The maximum Gasteiger partial charge on any atom is 0.0676 e. The molecule has 1 rings (SSSR count). The maximum absolute atomic E-state index is 4.47. The van der Waals surface area contributed by atoms with Gasteiger partial charge in [0, 0.05) is 12.3 Å². The summed E-state index contributed by atoms with van der Waals surface area (Å²) in [6.07, 6.45) is 12.6. The molecular formula is C13H33NS5. The van der Waals surface area contributed by atoms with Crippen molar-refractivity contribution >= 4 is 70.8 Å². The second-order valence-corrected chi connectivity index (χ2v) is 5.52. The minimum Gasteiger partial charge on any atom is -0.282 e. The minimum absolute atomic E-state index is 0. The fraction of sp³-hybridized carbons (Fsp3) is 0.923. The topological polar surface area (TPSA) is 12.4 Å². The molecule has 19 heavy (non-hydrogen) atoms. The Morgan fingerprint density at radius 1 is 0.842 bits per heavy atom. The number of hydrogen-bond acceptors (Lipinski definition) is 2. The highest BCUT2D eigenvalue weighted by atomic mass is 32.2. The van der Waals surface area contributed by atoms with Gasteiger partial charge in [0.2, 0.25) is 0 Å². The van der Waals surface area contributed by atoms with Crippen molar-refractivity contribution in [1.29, 1.82) is 0 Å². The molecule has 0 saturated carbocycles. The van der Waals surface area contributed by atoms with E-state index in [1.807, 2.05) is 11.8 Å². The van der Waals surface area contributed by atoms with Gasteiger partial charge in [-0.2, -0.15) is 54.0 Å². The van der Waals surface area contributed by atoms with Gasteiger partial charge in [0.1, 0.15) is 0 Å². The van der Waals surface area contributed by atoms with Crippen molar-refractivity contribution in [3.05, 3.63) is 0 Å². The molecule has 0 amide bonds. The molecular weight excluding hydrogens is 330 g/mol. The van der Waals surface area contributed by atoms with E-state index in [-0.39, 0.29) is 54.0 Å². The summed E-state index contributed by atoms with van der Waals surface area (Å²) in [6.45, 7) is 3.34. The van der Waals surface area contributed by atoms with Crippen LogP contribution in [0.4, 0.5) is 0 Å². The smallest absolute Gasteiger partial charge is 0.0676 e. The van der Waals surface area contributed by atoms with Crippen molar-refractivity contribution < 1.29 is 0 Å². The average molecular weight is 364 g/mol. The van der Waals surface area contributed by atoms with Crippen LogP contribution >= 0.6 is 65.7 Å². The van der Waals surface area contributed by atoms with Crippen LogP contribution in [0.25, 0.3) is 0 Å². The summed E-state index contributed by atoms with van der Waals surface area (Å²) in [5.41, 5.74) is 0. The van der Waals surface area contributed by atoms with E-state index in [4.69, 9.17) is 0 Å². The molecule has 0 saturated heterocycles. The third kappa shape index (κ3) is 17.4. The number of rotatable bonds is 9. The Labute approximate surface area is 152 Å². The lowest BCUT2D eigenvalue weighted by molar-refractivity contribution is 0.580. The van der Waals surface area contributed by atoms with Crippen LogP contribution < -0.4 is 0 Å². The quantitative estimate of drug-likeness (QED) is 0.518. The summed E-state index contributed by atoms with van der Waals surface area (Å²) in [4.78, 5) is 4.47. The number of nitrogens with zero attached hydrogens (tertiary/aromatic N) is 1. The van der Waals surface area contributed by atoms with E-state index in [0.717, 1.165) is 6.54 Å². The lowest BCUT2D eigenvalue weighted by Crippen LogP contribution is -1.88. The predicted octanol–water partition coefficient (Wildman–Crippen LogP) is 5.11. The van der Waals surface area contributed by atoms with Gasteiger partial charge in [-0.1, -0.05) is 51.9 Å². The zero-order chi connectivity index (χ0) is 10.8. The van der Waals surface area contributed by atoms with Crippen LogP contribution in [0.5, 0.6) is 0 Å². The summed E-state index contributed by atoms with van der Waals surface area (Å²) in [5, 5.41) is 1.42. The zero-order valence-electron chi connectivity index (χ0n) is 12.1. The fourth-order valence-electron chi connectivity index (χ4n) is 1.94. The zero-order valence-corrected chi connectivity index (χ0v) is 17.0. The standard InChI is InChI=1S/C13H25NS.4H2S/c1-2-3-4-5-6-7-8-9-10-13-14-11-12-15-13;;;;/h2-12H2,1H3;4*1H2. The molecule has 0 aromatic carbocycles. The summed E-state index contributed by atoms with van der Waals surface area (Å²) in [6, 6.07) is 0. The summed E-state index contributed by atoms with van der Waals surface area (Å²) in [7, 11) is 0. The van der Waals surface area contributed by atoms with Crippen LogP contribution in [0, 0.1) is 0 Å². The van der Waals surface area contributed by atoms with Gasteiger partial charge in [-0.15, -0.1) is 11.8 Å². The molecule has 1 aliphatic heterocycles. The van der Waals surface area contributed by atoms with Crippen molar-refractivity contribution in [3.63, 3.8) is 0 Å². The lowest BCUT2D eigenvalue weighted by atomic mass is 10.1. The SMILES string of the molecule is CCCCCCCCCCC1=NCCS1.S.S.S.S. The Hall–Kier alpha value is 1.42. The lowest BCUT2D eigenvalue weighted by Gasteiger charge is -2.01. The van der Waals surface area contributed by atoms with Gasteiger partial charge in [-0.3, -0.25) is 4.99 Å². The molecule has 1 aliphatic rings. The van der Waals surface area contributed by atoms with Crippen LogP contribution in [0.3, 0.4) is 0 Å². The molecule has 0 radical (unpaired) electrons. The first kappa shape index (κ1) is 28.6. The van der Waals surface area contributed by atoms with Gasteiger partial charge in [-0.25, -0.2) is 0 Å². The molecule has 0 atom stereocenters. The molecule has 0 aliphatic carbocycles. The van der Waals surface area contributed by atoms with E-state index < -0.39 is 0 Å². The minimum atomic E-state index is 0. The van der Waals surface area contributed by atoms with Crippen molar-refractivity contribution in [1.82, 2.24) is 0 Å². The fourth-order valence-corrected chi connectivity index (χ4v) is 2.83. The second kappa shape index (κ2) is 21.7. The Morgan fingerprint density at radius 2 is 1.37 bits per heavy atom. The van der Waals surface area contributed by atoms with Gasteiger partial charge in [0.05, 0.1) is 5.04 Å². The Bertz CT molecular complexity index is 188. The van der Waals surface area contributed by atoms with Gasteiger partial charge < -0.3 is 0 Å². The number of aliphatic imine (C=N–C) groups is 1. The highest BCUT2D eigenvalue weighted by Crippen LogP contribution is 2.17. The van der Waals surface area contributed by atoms with Gasteiger partial charge >= 0.3 is 0 Å². The average Bonchev–Trinajstić information content (AvgIpc) is 2.75. The second-order valence-electron chi connectivity index (χ2n) is 4.35. The summed E-state index contributed by atoms with van der Waals surface area (Å²) < 4.78 is 0. The first-order valence-electron chi connectivity index (χ1n) is 6.59. The number of unbranched alkanes of at least 4 members (excludes halogenated alkanes) is 7. The Balaban J connectivity index is -0.000000281. The van der Waals surface area contributed by atoms with Crippen LogP contribution in [-0.2, 0) is 0 Å². The highest BCUT2D eigenvalue weighted by molar-refractivity contribution is 8.14. The third-order valence-corrected chi connectivity index (χ3v) is 3.95. The molecule has 0 fully saturated rings. The normalized spacial score (nSPS) is 12.4. The third-order valence-electron chi connectivity index (χ3n) is 2.89.